The molecule has 1 N–H and O–H groups in total. The van der Waals surface area contributed by atoms with Crippen molar-refractivity contribution in [3.63, 3.8) is 0 Å². The minimum Gasteiger partial charge on any atom is -0.375 e. The first-order valence-corrected chi connectivity index (χ1v) is 4.23. The Kier molecular flexibility index (Phi) is 4.07. The number of hydrogen-bond acceptors (Lipinski definition) is 2. The van der Waals surface area contributed by atoms with E-state index in [1.165, 1.54) is 12.1 Å². The van der Waals surface area contributed by atoms with E-state index < -0.39 is 0 Å². The van der Waals surface area contributed by atoms with Crippen LogP contribution in [-0.4, -0.2) is 20.1 Å². The van der Waals surface area contributed by atoms with E-state index in [1.807, 2.05) is 0 Å². The van der Waals surface area contributed by atoms with Crippen molar-refractivity contribution in [2.75, 3.05) is 13.7 Å². The van der Waals surface area contributed by atoms with E-state index in [0.29, 0.717) is 13.0 Å². The molecule has 0 bridgehead atoms. The van der Waals surface area contributed by atoms with Gasteiger partial charge in [-0.3, -0.25) is 4.79 Å². The monoisotopic (exact) mass is 197 g/mol. The number of hydrogen-bond donors (Lipinski definition) is 1. The lowest BCUT2D eigenvalue weighted by Gasteiger charge is -2.14. The Bertz CT molecular complexity index is 287. The topological polar surface area (TPSA) is 38.3 Å². The molecule has 0 heterocycles. The highest BCUT2D eigenvalue weighted by atomic mass is 19.1. The van der Waals surface area contributed by atoms with E-state index in [2.05, 4.69) is 5.32 Å². The van der Waals surface area contributed by atoms with Crippen LogP contribution in [0.25, 0.3) is 0 Å². The molecular formula is C10H12FNO2. The summed E-state index contributed by atoms with van der Waals surface area (Å²) in [5, 5.41) is 2.51. The molecule has 1 unspecified atom stereocenters. The minimum atomic E-state index is -0.285. The van der Waals surface area contributed by atoms with Gasteiger partial charge < -0.3 is 10.1 Å². The van der Waals surface area contributed by atoms with Crippen LogP contribution in [0, 0.1) is 5.82 Å². The van der Waals surface area contributed by atoms with E-state index >= 15 is 0 Å². The first-order chi connectivity index (χ1) is 6.77. The average Bonchev–Trinajstić information content (AvgIpc) is 2.21. The smallest absolute Gasteiger partial charge is 0.207 e. The molecule has 0 spiro atoms. The van der Waals surface area contributed by atoms with Crippen molar-refractivity contribution in [3.05, 3.63) is 35.6 Å². The maximum Gasteiger partial charge on any atom is 0.207 e. The first-order valence-electron chi connectivity index (χ1n) is 4.23. The predicted molar refractivity (Wildman–Crippen MR) is 50.2 cm³/mol. The van der Waals surface area contributed by atoms with Gasteiger partial charge in [0.15, 0.2) is 0 Å². The summed E-state index contributed by atoms with van der Waals surface area (Å²) in [6, 6.07) is 6.00. The number of amides is 1. The zero-order valence-corrected chi connectivity index (χ0v) is 7.87. The number of methoxy groups -OCH3 is 1. The van der Waals surface area contributed by atoms with Crippen LogP contribution in [0.5, 0.6) is 0 Å². The third-order valence-electron chi connectivity index (χ3n) is 1.91. The first kappa shape index (κ1) is 10.7. The highest BCUT2D eigenvalue weighted by Crippen LogP contribution is 2.15. The number of carbonyl (C=O) groups excluding carboxylic acids is 1. The van der Waals surface area contributed by atoms with Gasteiger partial charge in [0.2, 0.25) is 6.41 Å². The van der Waals surface area contributed by atoms with Crippen molar-refractivity contribution >= 4 is 6.41 Å². The molecule has 1 atom stereocenters. The van der Waals surface area contributed by atoms with Crippen LogP contribution in [0.4, 0.5) is 4.39 Å². The van der Waals surface area contributed by atoms with Gasteiger partial charge in [-0.25, -0.2) is 4.39 Å². The molecule has 1 aromatic rings. The van der Waals surface area contributed by atoms with Gasteiger partial charge in [-0.2, -0.15) is 0 Å². The van der Waals surface area contributed by atoms with Crippen molar-refractivity contribution < 1.29 is 13.9 Å². The third kappa shape index (κ3) is 2.81. The highest BCUT2D eigenvalue weighted by Gasteiger charge is 2.09. The third-order valence-corrected chi connectivity index (χ3v) is 1.91. The maximum atomic E-state index is 12.6. The normalized spacial score (nSPS) is 12.1. The van der Waals surface area contributed by atoms with Crippen LogP contribution in [0.15, 0.2) is 24.3 Å². The summed E-state index contributed by atoms with van der Waals surface area (Å²) < 4.78 is 17.7. The van der Waals surface area contributed by atoms with E-state index in [1.54, 1.807) is 19.2 Å². The van der Waals surface area contributed by atoms with Gasteiger partial charge in [0.1, 0.15) is 5.82 Å². The lowest BCUT2D eigenvalue weighted by atomic mass is 10.1. The lowest BCUT2D eigenvalue weighted by Crippen LogP contribution is -2.21. The zero-order chi connectivity index (χ0) is 10.4. The molecule has 0 aromatic heterocycles. The van der Waals surface area contributed by atoms with Crippen molar-refractivity contribution in [1.82, 2.24) is 5.32 Å². The van der Waals surface area contributed by atoms with Crippen LogP contribution in [-0.2, 0) is 9.53 Å². The van der Waals surface area contributed by atoms with Gasteiger partial charge in [0, 0.05) is 13.7 Å². The molecule has 76 valence electrons. The maximum absolute atomic E-state index is 12.6. The fraction of sp³-hybridized carbons (Fsp3) is 0.300. The molecule has 0 aliphatic heterocycles. The Morgan fingerprint density at radius 2 is 2.14 bits per heavy atom. The number of nitrogens with one attached hydrogen (secondary N) is 1. The number of ether oxygens (including phenoxy) is 1. The Hall–Kier alpha value is -1.42. The van der Waals surface area contributed by atoms with Gasteiger partial charge in [-0.05, 0) is 17.7 Å². The van der Waals surface area contributed by atoms with E-state index in [4.69, 9.17) is 4.74 Å². The number of rotatable bonds is 5. The predicted octanol–water partition coefficient (Wildman–Crippen LogP) is 1.26. The van der Waals surface area contributed by atoms with Crippen LogP contribution in [0.1, 0.15) is 11.7 Å². The quantitative estimate of drug-likeness (QED) is 0.721. The molecule has 3 nitrogen and oxygen atoms in total. The Morgan fingerprint density at radius 1 is 1.50 bits per heavy atom. The Morgan fingerprint density at radius 3 is 2.64 bits per heavy atom. The second kappa shape index (κ2) is 5.34. The van der Waals surface area contributed by atoms with Gasteiger partial charge in [-0.1, -0.05) is 12.1 Å². The van der Waals surface area contributed by atoms with E-state index in [-0.39, 0.29) is 11.9 Å². The summed E-state index contributed by atoms with van der Waals surface area (Å²) in [7, 11) is 1.54. The SMILES string of the molecule is COC(CNC=O)c1ccc(F)cc1. The van der Waals surface area contributed by atoms with Crippen LogP contribution < -0.4 is 5.32 Å². The van der Waals surface area contributed by atoms with Crippen LogP contribution in [0.3, 0.4) is 0 Å². The molecule has 1 rings (SSSR count). The second-order valence-corrected chi connectivity index (χ2v) is 2.80. The molecule has 0 aliphatic rings. The Labute approximate surface area is 81.9 Å². The van der Waals surface area contributed by atoms with Gasteiger partial charge in [0.05, 0.1) is 6.10 Å². The molecule has 14 heavy (non-hydrogen) atoms. The summed E-state index contributed by atoms with van der Waals surface area (Å²) in [5.41, 5.74) is 0.836. The average molecular weight is 197 g/mol. The molecule has 0 radical (unpaired) electrons. The largest absolute Gasteiger partial charge is 0.375 e. The van der Waals surface area contributed by atoms with Crippen LogP contribution >= 0.6 is 0 Å². The zero-order valence-electron chi connectivity index (χ0n) is 7.87. The number of halogens is 1. The second-order valence-electron chi connectivity index (χ2n) is 2.80. The van der Waals surface area contributed by atoms with Crippen LogP contribution in [0.2, 0.25) is 0 Å². The fourth-order valence-electron chi connectivity index (χ4n) is 1.17. The van der Waals surface area contributed by atoms with Crippen molar-refractivity contribution in [2.45, 2.75) is 6.10 Å². The molecule has 0 aliphatic carbocycles. The number of benzene rings is 1. The number of carbonyl (C=O) groups is 1. The molecule has 1 aromatic carbocycles. The molecule has 4 heteroatoms. The summed E-state index contributed by atoms with van der Waals surface area (Å²) in [6.07, 6.45) is 0.371. The van der Waals surface area contributed by atoms with Gasteiger partial charge in [0.25, 0.3) is 0 Å². The van der Waals surface area contributed by atoms with E-state index in [0.717, 1.165) is 5.56 Å². The lowest BCUT2D eigenvalue weighted by molar-refractivity contribution is -0.110. The molecule has 0 saturated heterocycles. The fourth-order valence-corrected chi connectivity index (χ4v) is 1.17. The Balaban J connectivity index is 2.68. The van der Waals surface area contributed by atoms with E-state index in [9.17, 15) is 9.18 Å². The molecule has 0 fully saturated rings. The van der Waals surface area contributed by atoms with Crippen molar-refractivity contribution in [2.24, 2.45) is 0 Å². The van der Waals surface area contributed by atoms with Crippen molar-refractivity contribution in [1.29, 1.82) is 0 Å². The highest BCUT2D eigenvalue weighted by molar-refractivity contribution is 5.46. The summed E-state index contributed by atoms with van der Waals surface area (Å²) in [4.78, 5) is 10.1. The van der Waals surface area contributed by atoms with Gasteiger partial charge in [-0.15, -0.1) is 0 Å². The molecular weight excluding hydrogens is 185 g/mol. The minimum absolute atomic E-state index is 0.235. The summed E-state index contributed by atoms with van der Waals surface area (Å²) in [6.45, 7) is 0.381. The summed E-state index contributed by atoms with van der Waals surface area (Å²) in [5.74, 6) is -0.285. The van der Waals surface area contributed by atoms with Crippen molar-refractivity contribution in [3.8, 4) is 0 Å². The summed E-state index contributed by atoms with van der Waals surface area (Å²) >= 11 is 0. The molecule has 1 amide bonds. The standard InChI is InChI=1S/C10H12FNO2/c1-14-10(6-12-7-13)8-2-4-9(11)5-3-8/h2-5,7,10H,6H2,1H3,(H,12,13). The van der Waals surface area contributed by atoms with Gasteiger partial charge >= 0.3 is 0 Å². The molecule has 0 saturated carbocycles.